The summed E-state index contributed by atoms with van der Waals surface area (Å²) in [4.78, 5) is 81.2. The molecule has 16 nitrogen and oxygen atoms in total. The summed E-state index contributed by atoms with van der Waals surface area (Å²) >= 11 is 12.6. The zero-order chi connectivity index (χ0) is 46.4. The fourth-order valence-electron chi connectivity index (χ4n) is 9.63. The number of anilines is 1. The van der Waals surface area contributed by atoms with E-state index in [4.69, 9.17) is 32.7 Å². The molecular formula is C44H37Cl2F3N8O8. The first-order valence-electron chi connectivity index (χ1n) is 20.1. The number of alkyl halides is 3. The first-order chi connectivity index (χ1) is 30.9. The van der Waals surface area contributed by atoms with Crippen LogP contribution in [0.1, 0.15) is 46.3 Å². The molecule has 65 heavy (non-hydrogen) atoms. The minimum absolute atomic E-state index is 0.0669. The lowest BCUT2D eigenvalue weighted by Gasteiger charge is -2.49. The average molecular weight is 934 g/mol. The predicted octanol–water partition coefficient (Wildman–Crippen LogP) is 5.67. The third-order valence-electron chi connectivity index (χ3n) is 12.7. The van der Waals surface area contributed by atoms with E-state index in [0.29, 0.717) is 61.5 Å². The van der Waals surface area contributed by atoms with Gasteiger partial charge in [-0.2, -0.15) is 18.2 Å². The summed E-state index contributed by atoms with van der Waals surface area (Å²) in [6.45, 7) is 1.23. The fraction of sp³-hybridized carbons (Fsp3) is 0.295. The third kappa shape index (κ3) is 6.61. The van der Waals surface area contributed by atoms with E-state index >= 15 is 4.79 Å². The van der Waals surface area contributed by atoms with Gasteiger partial charge in [-0.3, -0.25) is 19.8 Å². The van der Waals surface area contributed by atoms with Crippen molar-refractivity contribution in [3.05, 3.63) is 148 Å². The van der Waals surface area contributed by atoms with Gasteiger partial charge in [0.2, 0.25) is 0 Å². The van der Waals surface area contributed by atoms with Gasteiger partial charge in [0, 0.05) is 54.8 Å². The lowest BCUT2D eigenvalue weighted by molar-refractivity contribution is -0.139. The number of para-hydroxylation sites is 1. The molecule has 0 unspecified atom stereocenters. The number of carbonyl (C=O) groups is 2. The van der Waals surface area contributed by atoms with Gasteiger partial charge in [0.05, 0.1) is 59.8 Å². The fourth-order valence-corrected chi connectivity index (χ4v) is 9.97. The number of benzene rings is 3. The molecule has 3 aromatic heterocycles. The highest BCUT2D eigenvalue weighted by Gasteiger charge is 2.69. The van der Waals surface area contributed by atoms with E-state index in [0.717, 1.165) is 4.57 Å². The van der Waals surface area contributed by atoms with E-state index in [1.165, 1.54) is 40.3 Å². The molecular weight excluding hydrogens is 896 g/mol. The second-order valence-electron chi connectivity index (χ2n) is 16.0. The van der Waals surface area contributed by atoms with Crippen molar-refractivity contribution in [2.45, 2.75) is 56.4 Å². The van der Waals surface area contributed by atoms with Gasteiger partial charge in [0.25, 0.3) is 17.4 Å². The molecule has 1 saturated carbocycles. The number of aromatic hydroxyl groups is 1. The molecule has 3 aliphatic rings. The highest BCUT2D eigenvalue weighted by molar-refractivity contribution is 6.33. The Labute approximate surface area is 375 Å². The first-order valence-corrected chi connectivity index (χ1v) is 20.8. The van der Waals surface area contributed by atoms with Gasteiger partial charge in [-0.25, -0.2) is 33.5 Å². The number of aryl methyl sites for hydroxylation is 3. The number of ether oxygens (including phenoxy) is 2. The third-order valence-corrected chi connectivity index (χ3v) is 13.2. The molecule has 0 bridgehead atoms. The number of amides is 2. The number of aromatic nitrogens is 6. The predicted molar refractivity (Wildman–Crippen MR) is 230 cm³/mol. The van der Waals surface area contributed by atoms with Crippen LogP contribution in [0.4, 0.5) is 19.0 Å². The van der Waals surface area contributed by atoms with Crippen molar-refractivity contribution in [1.29, 1.82) is 0 Å². The zero-order valence-corrected chi connectivity index (χ0v) is 36.3. The van der Waals surface area contributed by atoms with E-state index in [-0.39, 0.29) is 42.9 Å². The maximum atomic E-state index is 15.4. The molecule has 3 aromatic carbocycles. The lowest BCUT2D eigenvalue weighted by atomic mass is 9.53. The van der Waals surface area contributed by atoms with Crippen molar-refractivity contribution >= 4 is 51.9 Å². The number of methoxy groups -OCH3 is 2. The number of pyridine rings is 1. The minimum Gasteiger partial charge on any atom is -0.507 e. The summed E-state index contributed by atoms with van der Waals surface area (Å²) in [5, 5.41) is 12.2. The van der Waals surface area contributed by atoms with Gasteiger partial charge in [0.1, 0.15) is 11.4 Å². The van der Waals surface area contributed by atoms with E-state index < -0.39 is 74.6 Å². The molecule has 2 amide bonds. The Kier molecular flexibility index (Phi) is 10.5. The number of carbonyl (C=O) groups excluding carboxylic acids is 2. The molecule has 9 rings (SSSR count). The van der Waals surface area contributed by atoms with Crippen molar-refractivity contribution in [3.63, 3.8) is 0 Å². The second-order valence-corrected chi connectivity index (χ2v) is 16.8. The van der Waals surface area contributed by atoms with E-state index in [2.05, 4.69) is 15.4 Å². The van der Waals surface area contributed by atoms with Gasteiger partial charge in [-0.15, -0.1) is 0 Å². The van der Waals surface area contributed by atoms with Gasteiger partial charge >= 0.3 is 17.6 Å². The zero-order valence-electron chi connectivity index (χ0n) is 34.8. The van der Waals surface area contributed by atoms with Gasteiger partial charge in [0.15, 0.2) is 17.3 Å². The van der Waals surface area contributed by atoms with Crippen molar-refractivity contribution in [3.8, 4) is 17.2 Å². The molecule has 2 aliphatic heterocycles. The number of hydrogen-bond donors (Lipinski definition) is 2. The van der Waals surface area contributed by atoms with Crippen LogP contribution in [0.3, 0.4) is 0 Å². The van der Waals surface area contributed by atoms with Crippen LogP contribution in [0.25, 0.3) is 11.0 Å². The summed E-state index contributed by atoms with van der Waals surface area (Å²) in [5.74, 6) is -4.09. The molecule has 6 aromatic rings. The van der Waals surface area contributed by atoms with Crippen LogP contribution in [0.2, 0.25) is 10.0 Å². The second kappa shape index (κ2) is 15.7. The van der Waals surface area contributed by atoms with Crippen LogP contribution in [-0.4, -0.2) is 64.6 Å². The standard InChI is InChI=1S/C44H37Cl2F3N8O8/c1-21-6-5-7-26(36(21)58)35-25-12-15-55-41(62)54(14-13-29-39(60)53(2)32-19-34(65-4)33(64-3)18-30(32)51-29)42(63)57(55)31(25)17-27-38(59)56(40(61)43(27,35)22-8-10-24(45)11-9-22)52-37-28(46)16-23(20-50-37)44(47,48)49/h5-12,16,18-20,27,31,35,58H,13-15,17H2,1-4H3,(H,50,52)/t27-,31+,35+,43+/m0/s1. The molecule has 0 radical (unpaired) electrons. The summed E-state index contributed by atoms with van der Waals surface area (Å²) in [5.41, 5.74) is -0.0880. The smallest absolute Gasteiger partial charge is 0.417 e. The van der Waals surface area contributed by atoms with Gasteiger partial charge < -0.3 is 19.1 Å². The van der Waals surface area contributed by atoms with Crippen molar-refractivity contribution < 1.29 is 37.3 Å². The largest absolute Gasteiger partial charge is 0.507 e. The van der Waals surface area contributed by atoms with Gasteiger partial charge in [-0.1, -0.05) is 59.6 Å². The molecule has 2 N–H and O–H groups in total. The highest BCUT2D eigenvalue weighted by Crippen LogP contribution is 2.63. The molecule has 1 saturated heterocycles. The van der Waals surface area contributed by atoms with Crippen molar-refractivity contribution in [1.82, 2.24) is 33.5 Å². The Balaban J connectivity index is 1.17. The highest BCUT2D eigenvalue weighted by atomic mass is 35.5. The van der Waals surface area contributed by atoms with Crippen LogP contribution in [0, 0.1) is 12.8 Å². The Bertz CT molecular complexity index is 3220. The van der Waals surface area contributed by atoms with Crippen LogP contribution in [0.15, 0.2) is 92.9 Å². The molecule has 0 spiro atoms. The number of rotatable bonds is 9. The molecule has 5 heterocycles. The van der Waals surface area contributed by atoms with Crippen LogP contribution in [-0.2, 0) is 47.7 Å². The summed E-state index contributed by atoms with van der Waals surface area (Å²) < 4.78 is 56.3. The number of fused-ring (bicyclic) bond motifs is 5. The number of phenolic OH excluding ortho intramolecular Hbond substituents is 1. The lowest BCUT2D eigenvalue weighted by Crippen LogP contribution is -2.53. The molecule has 4 atom stereocenters. The average Bonchev–Trinajstić information content (AvgIpc) is 3.65. The number of nitrogens with one attached hydrogen (secondary N) is 1. The van der Waals surface area contributed by atoms with E-state index in [1.807, 2.05) is 0 Å². The minimum atomic E-state index is -4.79. The first kappa shape index (κ1) is 43.4. The number of allylic oxidation sites excluding steroid dienone is 2. The Morgan fingerprint density at radius 1 is 0.969 bits per heavy atom. The topological polar surface area (TPSA) is 185 Å². The quantitative estimate of drug-likeness (QED) is 0.135. The molecule has 2 fully saturated rings. The Hall–Kier alpha value is -6.86. The number of phenols is 1. The SMILES string of the molecule is COc1cc2nc(CCn3c(=O)n4n(c3=O)[C@@H]3C[C@H]5C(=O)N(Nc6ncc(C(F)(F)F)cc6Cl)C(=O)[C@@]5(c5ccc(Cl)cc5)[C@@H](c5cccc(C)c5O)C3=CC4)c(=O)n(C)c2cc1OC. The molecule has 21 heteroatoms. The van der Waals surface area contributed by atoms with E-state index in [9.17, 15) is 37.5 Å². The summed E-state index contributed by atoms with van der Waals surface area (Å²) in [6, 6.07) is 13.9. The Morgan fingerprint density at radius 2 is 1.68 bits per heavy atom. The monoisotopic (exact) mass is 932 g/mol. The summed E-state index contributed by atoms with van der Waals surface area (Å²) in [7, 11) is 4.48. The normalized spacial score (nSPS) is 20.4. The maximum Gasteiger partial charge on any atom is 0.417 e. The van der Waals surface area contributed by atoms with Crippen LogP contribution in [0.5, 0.6) is 17.2 Å². The van der Waals surface area contributed by atoms with Crippen molar-refractivity contribution in [2.24, 2.45) is 13.0 Å². The number of hydrazine groups is 1. The van der Waals surface area contributed by atoms with Crippen LogP contribution >= 0.6 is 23.2 Å². The van der Waals surface area contributed by atoms with Crippen LogP contribution < -0.4 is 31.8 Å². The number of hydrogen-bond acceptors (Lipinski definition) is 11. The number of halogens is 5. The molecule has 336 valence electrons. The van der Waals surface area contributed by atoms with E-state index in [1.54, 1.807) is 62.5 Å². The van der Waals surface area contributed by atoms with Gasteiger partial charge in [-0.05, 0) is 48.2 Å². The Morgan fingerprint density at radius 3 is 2.35 bits per heavy atom. The molecule has 1 aliphatic carbocycles. The number of nitrogens with zero attached hydrogens (tertiary/aromatic N) is 7. The summed E-state index contributed by atoms with van der Waals surface area (Å²) in [6.07, 6.45) is -2.96. The maximum absolute atomic E-state index is 15.4. The number of imide groups is 1. The van der Waals surface area contributed by atoms with Crippen molar-refractivity contribution in [2.75, 3.05) is 19.6 Å².